The summed E-state index contributed by atoms with van der Waals surface area (Å²) in [5, 5.41) is 20.9. The lowest BCUT2D eigenvalue weighted by molar-refractivity contribution is -0.136. The summed E-state index contributed by atoms with van der Waals surface area (Å²) in [5.74, 6) is 0.0945. The molecule has 1 aliphatic rings. The summed E-state index contributed by atoms with van der Waals surface area (Å²) >= 11 is 0. The van der Waals surface area contributed by atoms with Crippen molar-refractivity contribution < 1.29 is 9.90 Å². The lowest BCUT2D eigenvalue weighted by Crippen LogP contribution is -2.48. The van der Waals surface area contributed by atoms with E-state index in [9.17, 15) is 9.90 Å². The molecule has 1 aliphatic heterocycles. The van der Waals surface area contributed by atoms with Crippen LogP contribution in [0.4, 0.5) is 0 Å². The summed E-state index contributed by atoms with van der Waals surface area (Å²) in [4.78, 5) is 14.7. The Labute approximate surface area is 149 Å². The van der Waals surface area contributed by atoms with Crippen molar-refractivity contribution in [3.63, 3.8) is 0 Å². The Hall–Kier alpha value is -1.22. The van der Waals surface area contributed by atoms with E-state index in [1.807, 2.05) is 4.90 Å². The molecule has 9 heteroatoms. The molecule has 2 rings (SSSR count). The van der Waals surface area contributed by atoms with Gasteiger partial charge in [0.2, 0.25) is 5.91 Å². The van der Waals surface area contributed by atoms with Gasteiger partial charge in [0.15, 0.2) is 0 Å². The predicted octanol–water partition coefficient (Wildman–Crippen LogP) is -0.275. The van der Waals surface area contributed by atoms with Crippen LogP contribution in [-0.2, 0) is 11.2 Å². The number of rotatable bonds is 8. The number of piperazine rings is 1. The highest BCUT2D eigenvalue weighted by Gasteiger charge is 2.27. The van der Waals surface area contributed by atoms with E-state index in [1.54, 1.807) is 17.8 Å². The van der Waals surface area contributed by atoms with Crippen LogP contribution >= 0.6 is 12.4 Å². The SMILES string of the molecule is CC(O)Cc1cn([C@@H](CCCCN)C(=O)N2CCNCC2)nn1.Cl. The molecule has 1 fully saturated rings. The maximum atomic E-state index is 12.9. The maximum absolute atomic E-state index is 12.9. The van der Waals surface area contributed by atoms with Crippen molar-refractivity contribution in [2.24, 2.45) is 5.73 Å². The summed E-state index contributed by atoms with van der Waals surface area (Å²) in [6.07, 6.45) is 4.22. The second-order valence-corrected chi connectivity index (χ2v) is 6.12. The van der Waals surface area contributed by atoms with Crippen LogP contribution < -0.4 is 11.1 Å². The molecular weight excluding hydrogens is 332 g/mol. The molecule has 0 aliphatic carbocycles. The first kappa shape index (κ1) is 20.8. The van der Waals surface area contributed by atoms with Gasteiger partial charge in [-0.1, -0.05) is 5.21 Å². The number of aliphatic hydroxyl groups excluding tert-OH is 1. The maximum Gasteiger partial charge on any atom is 0.247 e. The number of hydrogen-bond acceptors (Lipinski definition) is 6. The van der Waals surface area contributed by atoms with Gasteiger partial charge in [-0.2, -0.15) is 0 Å². The number of nitrogens with one attached hydrogen (secondary N) is 1. The third-order valence-corrected chi connectivity index (χ3v) is 4.03. The number of carbonyl (C=O) groups is 1. The molecule has 0 aromatic carbocycles. The minimum Gasteiger partial charge on any atom is -0.393 e. The van der Waals surface area contributed by atoms with E-state index in [1.165, 1.54) is 0 Å². The fraction of sp³-hybridized carbons (Fsp3) is 0.800. The molecule has 24 heavy (non-hydrogen) atoms. The monoisotopic (exact) mass is 360 g/mol. The molecule has 138 valence electrons. The van der Waals surface area contributed by atoms with Gasteiger partial charge in [-0.15, -0.1) is 17.5 Å². The van der Waals surface area contributed by atoms with Gasteiger partial charge in [0.1, 0.15) is 6.04 Å². The van der Waals surface area contributed by atoms with Crippen LogP contribution in [0.1, 0.15) is 37.9 Å². The molecule has 0 saturated carbocycles. The molecule has 0 bridgehead atoms. The van der Waals surface area contributed by atoms with Crippen LogP contribution in [-0.4, -0.2) is 69.7 Å². The zero-order valence-corrected chi connectivity index (χ0v) is 15.0. The molecular formula is C15H29ClN6O2. The number of aromatic nitrogens is 3. The van der Waals surface area contributed by atoms with E-state index in [0.29, 0.717) is 25.1 Å². The molecule has 1 unspecified atom stereocenters. The average Bonchev–Trinajstić information content (AvgIpc) is 2.99. The van der Waals surface area contributed by atoms with Crippen LogP contribution in [0.15, 0.2) is 6.20 Å². The number of nitrogens with two attached hydrogens (primary N) is 1. The van der Waals surface area contributed by atoms with Crippen molar-refractivity contribution in [1.82, 2.24) is 25.2 Å². The van der Waals surface area contributed by atoms with E-state index in [-0.39, 0.29) is 24.4 Å². The molecule has 8 nitrogen and oxygen atoms in total. The topological polar surface area (TPSA) is 109 Å². The first-order valence-electron chi connectivity index (χ1n) is 8.40. The second kappa shape index (κ2) is 10.6. The normalized spacial score (nSPS) is 17.2. The third kappa shape index (κ3) is 6.01. The van der Waals surface area contributed by atoms with Crippen LogP contribution in [0, 0.1) is 0 Å². The molecule has 2 heterocycles. The van der Waals surface area contributed by atoms with E-state index in [4.69, 9.17) is 5.73 Å². The number of halogens is 1. The molecule has 1 saturated heterocycles. The van der Waals surface area contributed by atoms with Crippen LogP contribution in [0.5, 0.6) is 0 Å². The van der Waals surface area contributed by atoms with Gasteiger partial charge < -0.3 is 21.1 Å². The Morgan fingerprint density at radius 1 is 1.42 bits per heavy atom. The molecule has 1 aromatic rings. The van der Waals surface area contributed by atoms with Crippen molar-refractivity contribution in [2.75, 3.05) is 32.7 Å². The Morgan fingerprint density at radius 3 is 2.75 bits per heavy atom. The number of amides is 1. The quantitative estimate of drug-likeness (QED) is 0.550. The average molecular weight is 361 g/mol. The van der Waals surface area contributed by atoms with E-state index in [2.05, 4.69) is 15.6 Å². The highest BCUT2D eigenvalue weighted by molar-refractivity contribution is 5.85. The highest BCUT2D eigenvalue weighted by Crippen LogP contribution is 2.18. The standard InChI is InChI=1S/C15H28N6O2.ClH/c1-12(22)10-13-11-21(19-18-13)14(4-2-3-5-16)15(23)20-8-6-17-7-9-20;/h11-12,14,17,22H,2-10,16H2,1H3;1H/t12?,14-;/m0./s1. The summed E-state index contributed by atoms with van der Waals surface area (Å²) in [7, 11) is 0. The number of hydrogen-bond donors (Lipinski definition) is 3. The number of unbranched alkanes of at least 4 members (excludes halogenated alkanes) is 1. The van der Waals surface area contributed by atoms with Gasteiger partial charge in [0.25, 0.3) is 0 Å². The van der Waals surface area contributed by atoms with Crippen LogP contribution in [0.3, 0.4) is 0 Å². The zero-order chi connectivity index (χ0) is 16.7. The van der Waals surface area contributed by atoms with Gasteiger partial charge in [-0.25, -0.2) is 4.68 Å². The van der Waals surface area contributed by atoms with Gasteiger partial charge >= 0.3 is 0 Å². The van der Waals surface area contributed by atoms with Crippen molar-refractivity contribution in [3.05, 3.63) is 11.9 Å². The van der Waals surface area contributed by atoms with Gasteiger partial charge in [-0.05, 0) is 32.7 Å². The molecule has 4 N–H and O–H groups in total. The first-order chi connectivity index (χ1) is 11.1. The van der Waals surface area contributed by atoms with Gasteiger partial charge in [-0.3, -0.25) is 4.79 Å². The van der Waals surface area contributed by atoms with Gasteiger partial charge in [0.05, 0.1) is 11.8 Å². The van der Waals surface area contributed by atoms with E-state index >= 15 is 0 Å². The first-order valence-corrected chi connectivity index (χ1v) is 8.40. The molecule has 0 spiro atoms. The van der Waals surface area contributed by atoms with E-state index in [0.717, 1.165) is 39.0 Å². The molecule has 0 radical (unpaired) electrons. The fourth-order valence-electron chi connectivity index (χ4n) is 2.81. The van der Waals surface area contributed by atoms with Crippen molar-refractivity contribution in [2.45, 2.75) is 44.8 Å². The largest absolute Gasteiger partial charge is 0.393 e. The molecule has 2 atom stereocenters. The zero-order valence-electron chi connectivity index (χ0n) is 14.2. The third-order valence-electron chi connectivity index (χ3n) is 4.03. The Kier molecular flexibility index (Phi) is 9.20. The fourth-order valence-corrected chi connectivity index (χ4v) is 2.81. The molecule has 1 aromatic heterocycles. The number of aliphatic hydroxyl groups is 1. The summed E-state index contributed by atoms with van der Waals surface area (Å²) < 4.78 is 1.65. The predicted molar refractivity (Wildman–Crippen MR) is 94.0 cm³/mol. The summed E-state index contributed by atoms with van der Waals surface area (Å²) in [6.45, 7) is 5.43. The van der Waals surface area contributed by atoms with E-state index < -0.39 is 6.10 Å². The highest BCUT2D eigenvalue weighted by atomic mass is 35.5. The Balaban J connectivity index is 0.00000288. The minimum atomic E-state index is -0.472. The van der Waals surface area contributed by atoms with Crippen molar-refractivity contribution >= 4 is 18.3 Å². The summed E-state index contributed by atoms with van der Waals surface area (Å²) in [5.41, 5.74) is 6.27. The van der Waals surface area contributed by atoms with Gasteiger partial charge in [0, 0.05) is 38.8 Å². The Bertz CT molecular complexity index is 490. The number of carbonyl (C=O) groups excluding carboxylic acids is 1. The van der Waals surface area contributed by atoms with Crippen molar-refractivity contribution in [3.8, 4) is 0 Å². The molecule has 1 amide bonds. The Morgan fingerprint density at radius 2 is 2.12 bits per heavy atom. The van der Waals surface area contributed by atoms with Crippen LogP contribution in [0.2, 0.25) is 0 Å². The second-order valence-electron chi connectivity index (χ2n) is 6.12. The lowest BCUT2D eigenvalue weighted by atomic mass is 10.1. The van der Waals surface area contributed by atoms with Crippen molar-refractivity contribution in [1.29, 1.82) is 0 Å². The summed E-state index contributed by atoms with van der Waals surface area (Å²) in [6, 6.07) is -0.338. The minimum absolute atomic E-state index is 0. The lowest BCUT2D eigenvalue weighted by Gasteiger charge is -2.30. The van der Waals surface area contributed by atoms with Crippen LogP contribution in [0.25, 0.3) is 0 Å². The smallest absolute Gasteiger partial charge is 0.247 e. The number of nitrogens with zero attached hydrogens (tertiary/aromatic N) is 4.